The molecule has 2 aromatic rings. The number of benzene rings is 1. The van der Waals surface area contributed by atoms with Crippen LogP contribution in [-0.2, 0) is 0 Å². The van der Waals surface area contributed by atoms with Crippen molar-refractivity contribution >= 4 is 28.9 Å². The average Bonchev–Trinajstić information content (AvgIpc) is 2.61. The first-order valence-corrected chi connectivity index (χ1v) is 8.19. The number of aryl methyl sites for hydroxylation is 1. The van der Waals surface area contributed by atoms with Crippen molar-refractivity contribution in [3.8, 4) is 5.88 Å². The summed E-state index contributed by atoms with van der Waals surface area (Å²) in [7, 11) is 1.57. The number of nitro groups is 1. The molecule has 132 valence electrons. The minimum atomic E-state index is -0.430. The molecule has 1 aliphatic rings. The lowest BCUT2D eigenvalue weighted by molar-refractivity contribution is -0.384. The largest absolute Gasteiger partial charge is 0.481 e. The quantitative estimate of drug-likeness (QED) is 0.609. The second-order valence-electron chi connectivity index (χ2n) is 5.72. The summed E-state index contributed by atoms with van der Waals surface area (Å²) in [5, 5.41) is 11.3. The van der Waals surface area contributed by atoms with Crippen molar-refractivity contribution in [3.63, 3.8) is 0 Å². The van der Waals surface area contributed by atoms with Crippen LogP contribution >= 0.6 is 11.6 Å². The van der Waals surface area contributed by atoms with Crippen LogP contribution in [0.1, 0.15) is 5.56 Å². The van der Waals surface area contributed by atoms with E-state index in [0.717, 1.165) is 37.4 Å². The van der Waals surface area contributed by atoms with Crippen LogP contribution in [-0.4, -0.2) is 48.2 Å². The van der Waals surface area contributed by atoms with Gasteiger partial charge in [-0.25, -0.2) is 4.98 Å². The lowest BCUT2D eigenvalue weighted by atomic mass is 10.1. The number of nitrogens with zero attached hydrogens (tertiary/aromatic N) is 5. The van der Waals surface area contributed by atoms with E-state index in [9.17, 15) is 10.1 Å². The highest BCUT2D eigenvalue weighted by atomic mass is 35.5. The molecular formula is C16H18ClN5O3. The molecule has 1 aromatic heterocycles. The Balaban J connectivity index is 1.75. The number of halogens is 1. The van der Waals surface area contributed by atoms with Crippen molar-refractivity contribution in [2.75, 3.05) is 43.1 Å². The first kappa shape index (κ1) is 17.2. The molecule has 1 aliphatic heterocycles. The molecule has 25 heavy (non-hydrogen) atoms. The smallest absolute Gasteiger partial charge is 0.271 e. The number of rotatable bonds is 4. The number of hydrogen-bond acceptors (Lipinski definition) is 7. The molecule has 2 heterocycles. The first-order valence-electron chi connectivity index (χ1n) is 7.81. The maximum atomic E-state index is 10.9. The van der Waals surface area contributed by atoms with Crippen LogP contribution in [0.15, 0.2) is 24.4 Å². The molecule has 0 bridgehead atoms. The van der Waals surface area contributed by atoms with Gasteiger partial charge < -0.3 is 14.5 Å². The van der Waals surface area contributed by atoms with E-state index in [4.69, 9.17) is 16.3 Å². The van der Waals surface area contributed by atoms with Crippen LogP contribution < -0.4 is 14.5 Å². The number of non-ortho nitro benzene ring substituents is 1. The first-order chi connectivity index (χ1) is 12.0. The fourth-order valence-electron chi connectivity index (χ4n) is 2.95. The Morgan fingerprint density at radius 2 is 1.92 bits per heavy atom. The summed E-state index contributed by atoms with van der Waals surface area (Å²) < 4.78 is 5.14. The van der Waals surface area contributed by atoms with E-state index in [-0.39, 0.29) is 5.69 Å². The zero-order valence-corrected chi connectivity index (χ0v) is 14.7. The molecule has 0 spiro atoms. The molecule has 1 aromatic carbocycles. The number of anilines is 2. The van der Waals surface area contributed by atoms with Crippen LogP contribution in [0.3, 0.4) is 0 Å². The number of hydrogen-bond donors (Lipinski definition) is 0. The van der Waals surface area contributed by atoms with Gasteiger partial charge in [0.05, 0.1) is 22.7 Å². The van der Waals surface area contributed by atoms with Gasteiger partial charge in [-0.1, -0.05) is 11.6 Å². The fraction of sp³-hybridized carbons (Fsp3) is 0.375. The molecule has 0 atom stereocenters. The van der Waals surface area contributed by atoms with Gasteiger partial charge in [-0.15, -0.1) is 0 Å². The van der Waals surface area contributed by atoms with Crippen molar-refractivity contribution < 1.29 is 9.66 Å². The van der Waals surface area contributed by atoms with E-state index >= 15 is 0 Å². The monoisotopic (exact) mass is 363 g/mol. The minimum Gasteiger partial charge on any atom is -0.481 e. The molecule has 0 amide bonds. The van der Waals surface area contributed by atoms with Crippen molar-refractivity contribution in [3.05, 3.63) is 45.1 Å². The Kier molecular flexibility index (Phi) is 4.89. The lowest BCUT2D eigenvalue weighted by Crippen LogP contribution is -2.47. The van der Waals surface area contributed by atoms with Crippen LogP contribution in [0.25, 0.3) is 0 Å². The number of piperazine rings is 1. The van der Waals surface area contributed by atoms with Crippen LogP contribution in [0.4, 0.5) is 17.3 Å². The zero-order valence-electron chi connectivity index (χ0n) is 14.0. The fourth-order valence-corrected chi connectivity index (χ4v) is 3.33. The van der Waals surface area contributed by atoms with E-state index in [1.807, 2.05) is 6.92 Å². The van der Waals surface area contributed by atoms with Gasteiger partial charge in [-0.2, -0.15) is 4.98 Å². The molecule has 3 rings (SSSR count). The predicted molar refractivity (Wildman–Crippen MR) is 95.9 cm³/mol. The number of aromatic nitrogens is 2. The van der Waals surface area contributed by atoms with Crippen LogP contribution in [0.5, 0.6) is 5.88 Å². The van der Waals surface area contributed by atoms with Gasteiger partial charge in [0.2, 0.25) is 11.8 Å². The zero-order chi connectivity index (χ0) is 18.0. The highest BCUT2D eigenvalue weighted by Gasteiger charge is 2.23. The van der Waals surface area contributed by atoms with Gasteiger partial charge >= 0.3 is 0 Å². The summed E-state index contributed by atoms with van der Waals surface area (Å²) in [6.45, 7) is 4.73. The Morgan fingerprint density at radius 1 is 1.24 bits per heavy atom. The third-order valence-electron chi connectivity index (χ3n) is 4.15. The predicted octanol–water partition coefficient (Wildman–Crippen LogP) is 2.68. The molecular weight excluding hydrogens is 346 g/mol. The third kappa shape index (κ3) is 3.58. The highest BCUT2D eigenvalue weighted by molar-refractivity contribution is 6.33. The summed E-state index contributed by atoms with van der Waals surface area (Å²) >= 11 is 6.30. The van der Waals surface area contributed by atoms with Gasteiger partial charge in [-0.3, -0.25) is 10.1 Å². The van der Waals surface area contributed by atoms with E-state index in [1.165, 1.54) is 6.07 Å². The highest BCUT2D eigenvalue weighted by Crippen LogP contribution is 2.34. The van der Waals surface area contributed by atoms with Gasteiger partial charge in [-0.05, 0) is 12.5 Å². The van der Waals surface area contributed by atoms with E-state index in [2.05, 4.69) is 19.8 Å². The van der Waals surface area contributed by atoms with E-state index in [0.29, 0.717) is 16.9 Å². The van der Waals surface area contributed by atoms with E-state index in [1.54, 1.807) is 25.4 Å². The van der Waals surface area contributed by atoms with Gasteiger partial charge in [0, 0.05) is 50.6 Å². The number of nitro benzene ring substituents is 1. The summed E-state index contributed by atoms with van der Waals surface area (Å²) in [4.78, 5) is 23.4. The van der Waals surface area contributed by atoms with Crippen molar-refractivity contribution in [2.24, 2.45) is 0 Å². The Hall–Kier alpha value is -2.61. The Labute approximate surface area is 150 Å². The second-order valence-corrected chi connectivity index (χ2v) is 6.13. The summed E-state index contributed by atoms with van der Waals surface area (Å²) in [6, 6.07) is 4.67. The van der Waals surface area contributed by atoms with Crippen LogP contribution in [0.2, 0.25) is 5.02 Å². The maximum Gasteiger partial charge on any atom is 0.271 e. The summed E-state index contributed by atoms with van der Waals surface area (Å²) in [5.74, 6) is 1.16. The third-order valence-corrected chi connectivity index (χ3v) is 4.44. The summed E-state index contributed by atoms with van der Waals surface area (Å²) in [5.41, 5.74) is 1.65. The molecule has 1 fully saturated rings. The van der Waals surface area contributed by atoms with Gasteiger partial charge in [0.1, 0.15) is 0 Å². The average molecular weight is 364 g/mol. The van der Waals surface area contributed by atoms with Crippen LogP contribution in [0, 0.1) is 17.0 Å². The van der Waals surface area contributed by atoms with Crippen molar-refractivity contribution in [1.29, 1.82) is 0 Å². The number of ether oxygens (including phenoxy) is 1. The molecule has 1 saturated heterocycles. The molecule has 0 saturated carbocycles. The number of methoxy groups -OCH3 is 1. The molecule has 0 N–H and O–H groups in total. The molecule has 0 radical (unpaired) electrons. The topological polar surface area (TPSA) is 84.6 Å². The molecule has 0 unspecified atom stereocenters. The minimum absolute atomic E-state index is 0.00895. The van der Waals surface area contributed by atoms with E-state index < -0.39 is 4.92 Å². The van der Waals surface area contributed by atoms with Crippen molar-refractivity contribution in [2.45, 2.75) is 6.92 Å². The Bertz CT molecular complexity index is 770. The second kappa shape index (κ2) is 7.10. The van der Waals surface area contributed by atoms with Gasteiger partial charge in [0.15, 0.2) is 0 Å². The van der Waals surface area contributed by atoms with Crippen molar-refractivity contribution in [1.82, 2.24) is 9.97 Å². The van der Waals surface area contributed by atoms with Gasteiger partial charge in [0.25, 0.3) is 5.69 Å². The standard InChI is InChI=1S/C16H18ClN5O3/c1-11-9-12(22(23)24)10-13(17)15(11)20-5-7-21(8-6-20)16-18-4-3-14(19-16)25-2/h3-4,9-10H,5-8H2,1-2H3. The maximum absolute atomic E-state index is 10.9. The lowest BCUT2D eigenvalue weighted by Gasteiger charge is -2.37. The summed E-state index contributed by atoms with van der Waals surface area (Å²) in [6.07, 6.45) is 1.67. The normalized spacial score (nSPS) is 14.5. The SMILES string of the molecule is COc1ccnc(N2CCN(c3c(C)cc([N+](=O)[O-])cc3Cl)CC2)n1. The molecule has 9 heteroatoms. The Morgan fingerprint density at radius 3 is 2.52 bits per heavy atom. The molecule has 8 nitrogen and oxygen atoms in total. The molecule has 0 aliphatic carbocycles.